The Balaban J connectivity index is 1.71. The van der Waals surface area contributed by atoms with Crippen molar-refractivity contribution in [1.29, 1.82) is 0 Å². The fraction of sp³-hybridized carbons (Fsp3) is 0.654. The highest BCUT2D eigenvalue weighted by atomic mass is 16.6. The predicted molar refractivity (Wildman–Crippen MR) is 130 cm³/mol. The second-order valence-corrected chi connectivity index (χ2v) is 10.1. The molecule has 1 atom stereocenters. The summed E-state index contributed by atoms with van der Waals surface area (Å²) in [7, 11) is 0. The fourth-order valence-corrected chi connectivity index (χ4v) is 4.66. The number of pyridine rings is 1. The summed E-state index contributed by atoms with van der Waals surface area (Å²) in [5.41, 5.74) is 0.180. The summed E-state index contributed by atoms with van der Waals surface area (Å²) in [5, 5.41) is 0. The molecule has 7 nitrogen and oxygen atoms in total. The van der Waals surface area contributed by atoms with Crippen molar-refractivity contribution in [2.75, 3.05) is 31.1 Å². The highest BCUT2D eigenvalue weighted by Gasteiger charge is 2.35. The van der Waals surface area contributed by atoms with Crippen molar-refractivity contribution in [2.45, 2.75) is 77.9 Å². The third kappa shape index (κ3) is 7.84. The summed E-state index contributed by atoms with van der Waals surface area (Å²) in [6.45, 7) is 10.7. The number of amides is 1. The van der Waals surface area contributed by atoms with E-state index < -0.39 is 5.60 Å². The molecule has 2 heterocycles. The molecule has 1 aromatic heterocycles. The second kappa shape index (κ2) is 11.6. The molecule has 0 bridgehead atoms. The molecule has 33 heavy (non-hydrogen) atoms. The number of rotatable bonds is 7. The minimum Gasteiger partial charge on any atom is -0.463 e. The molecule has 2 fully saturated rings. The fourth-order valence-electron chi connectivity index (χ4n) is 4.66. The summed E-state index contributed by atoms with van der Waals surface area (Å²) >= 11 is 0. The summed E-state index contributed by atoms with van der Waals surface area (Å²) < 4.78 is 10.7. The van der Waals surface area contributed by atoms with Crippen LogP contribution < -0.4 is 4.90 Å². The van der Waals surface area contributed by atoms with E-state index in [1.807, 2.05) is 32.9 Å². The van der Waals surface area contributed by atoms with Gasteiger partial charge in [-0.1, -0.05) is 19.3 Å². The summed E-state index contributed by atoms with van der Waals surface area (Å²) in [5.74, 6) is 0.957. The Bertz CT molecular complexity index is 810. The van der Waals surface area contributed by atoms with E-state index in [4.69, 9.17) is 9.47 Å². The number of anilines is 1. The molecule has 2 aliphatic rings. The van der Waals surface area contributed by atoms with Crippen molar-refractivity contribution in [3.8, 4) is 0 Å². The van der Waals surface area contributed by atoms with Crippen molar-refractivity contribution in [1.82, 2.24) is 9.88 Å². The van der Waals surface area contributed by atoms with Gasteiger partial charge in [0, 0.05) is 31.9 Å². The number of hydrogen-bond donors (Lipinski definition) is 0. The first kappa shape index (κ1) is 25.2. The van der Waals surface area contributed by atoms with E-state index in [1.54, 1.807) is 24.1 Å². The first-order chi connectivity index (χ1) is 15.7. The van der Waals surface area contributed by atoms with Gasteiger partial charge < -0.3 is 14.4 Å². The van der Waals surface area contributed by atoms with Crippen LogP contribution in [0.4, 0.5) is 10.6 Å². The average Bonchev–Trinajstić information content (AvgIpc) is 3.21. The molecule has 1 saturated heterocycles. The van der Waals surface area contributed by atoms with E-state index in [-0.39, 0.29) is 18.1 Å². The zero-order chi connectivity index (χ0) is 23.8. The largest absolute Gasteiger partial charge is 0.463 e. The summed E-state index contributed by atoms with van der Waals surface area (Å²) in [6.07, 6.45) is 11.9. The molecule has 1 aliphatic carbocycles. The van der Waals surface area contributed by atoms with Crippen molar-refractivity contribution in [2.24, 2.45) is 5.92 Å². The average molecular weight is 458 g/mol. The van der Waals surface area contributed by atoms with Gasteiger partial charge in [-0.15, -0.1) is 0 Å². The molecule has 0 unspecified atom stereocenters. The molecule has 0 N–H and O–H groups in total. The van der Waals surface area contributed by atoms with Gasteiger partial charge in [0.15, 0.2) is 0 Å². The van der Waals surface area contributed by atoms with E-state index >= 15 is 0 Å². The van der Waals surface area contributed by atoms with Gasteiger partial charge >= 0.3 is 12.1 Å². The highest BCUT2D eigenvalue weighted by Crippen LogP contribution is 2.28. The van der Waals surface area contributed by atoms with Gasteiger partial charge in [-0.25, -0.2) is 14.6 Å². The zero-order valence-electron chi connectivity index (χ0n) is 20.6. The molecule has 0 radical (unpaired) electrons. The molecule has 182 valence electrons. The topological polar surface area (TPSA) is 72.0 Å². The molecule has 0 spiro atoms. The maximum atomic E-state index is 13.2. The van der Waals surface area contributed by atoms with Crippen molar-refractivity contribution >= 4 is 24.0 Å². The molecule has 1 amide bonds. The summed E-state index contributed by atoms with van der Waals surface area (Å²) in [4.78, 5) is 33.5. The minimum absolute atomic E-state index is 0.0249. The number of hydrogen-bond acceptors (Lipinski definition) is 6. The molecule has 1 aliphatic heterocycles. The van der Waals surface area contributed by atoms with E-state index in [9.17, 15) is 9.59 Å². The number of aromatic nitrogens is 1. The van der Waals surface area contributed by atoms with Crippen LogP contribution in [0.15, 0.2) is 24.4 Å². The van der Waals surface area contributed by atoms with Gasteiger partial charge in [0.05, 0.1) is 12.6 Å². The first-order valence-electron chi connectivity index (χ1n) is 12.3. The van der Waals surface area contributed by atoms with Crippen molar-refractivity contribution in [3.05, 3.63) is 30.0 Å². The lowest BCUT2D eigenvalue weighted by Crippen LogP contribution is -2.45. The number of carbonyl (C=O) groups is 2. The zero-order valence-corrected chi connectivity index (χ0v) is 20.6. The lowest BCUT2D eigenvalue weighted by Gasteiger charge is -2.31. The van der Waals surface area contributed by atoms with Crippen LogP contribution in [0.3, 0.4) is 0 Å². The van der Waals surface area contributed by atoms with Gasteiger partial charge in [-0.2, -0.15) is 0 Å². The Hall–Kier alpha value is -2.41. The van der Waals surface area contributed by atoms with Crippen LogP contribution in [-0.2, 0) is 14.3 Å². The van der Waals surface area contributed by atoms with E-state index in [0.29, 0.717) is 12.4 Å². The van der Waals surface area contributed by atoms with Crippen LogP contribution in [0.25, 0.3) is 6.08 Å². The van der Waals surface area contributed by atoms with Crippen molar-refractivity contribution < 1.29 is 19.1 Å². The molecule has 3 rings (SSSR count). The molecular weight excluding hydrogens is 418 g/mol. The lowest BCUT2D eigenvalue weighted by molar-refractivity contribution is -0.137. The van der Waals surface area contributed by atoms with E-state index in [1.165, 1.54) is 38.2 Å². The summed E-state index contributed by atoms with van der Waals surface area (Å²) in [6, 6.07) is 3.69. The monoisotopic (exact) mass is 457 g/mol. The molecule has 1 aromatic rings. The Morgan fingerprint density at radius 1 is 1.18 bits per heavy atom. The molecular formula is C26H39N3O4. The SMILES string of the molecule is CCOC(=O)C=Cc1ccc(N(C(=O)OC(C)(C)C)[C@@H]2CCN(CC3CCCCC3)C2)nc1. The third-order valence-corrected chi connectivity index (χ3v) is 6.16. The van der Waals surface area contributed by atoms with Crippen LogP contribution in [0.2, 0.25) is 0 Å². The van der Waals surface area contributed by atoms with Gasteiger partial charge in [0.1, 0.15) is 11.4 Å². The van der Waals surface area contributed by atoms with Gasteiger partial charge in [-0.3, -0.25) is 4.90 Å². The lowest BCUT2D eigenvalue weighted by atomic mass is 9.89. The minimum atomic E-state index is -0.585. The number of esters is 1. The molecule has 1 saturated carbocycles. The van der Waals surface area contributed by atoms with Crippen LogP contribution in [0.5, 0.6) is 0 Å². The van der Waals surface area contributed by atoms with Gasteiger partial charge in [-0.05, 0) is 76.6 Å². The van der Waals surface area contributed by atoms with E-state index in [2.05, 4.69) is 9.88 Å². The Labute approximate surface area is 198 Å². The number of carbonyl (C=O) groups excluding carboxylic acids is 2. The number of ether oxygens (including phenoxy) is 2. The maximum absolute atomic E-state index is 13.2. The smallest absolute Gasteiger partial charge is 0.416 e. The number of nitrogens with zero attached hydrogens (tertiary/aromatic N) is 3. The van der Waals surface area contributed by atoms with E-state index in [0.717, 1.165) is 37.5 Å². The molecule has 0 aromatic carbocycles. The van der Waals surface area contributed by atoms with Crippen molar-refractivity contribution in [3.63, 3.8) is 0 Å². The van der Waals surface area contributed by atoms with Gasteiger partial charge in [0.25, 0.3) is 0 Å². The Morgan fingerprint density at radius 2 is 1.94 bits per heavy atom. The van der Waals surface area contributed by atoms with Crippen LogP contribution in [0, 0.1) is 5.92 Å². The van der Waals surface area contributed by atoms with Gasteiger partial charge in [0.2, 0.25) is 0 Å². The maximum Gasteiger partial charge on any atom is 0.416 e. The normalized spacial score (nSPS) is 20.2. The molecule has 7 heteroatoms. The second-order valence-electron chi connectivity index (χ2n) is 10.1. The first-order valence-corrected chi connectivity index (χ1v) is 12.3. The van der Waals surface area contributed by atoms with Crippen LogP contribution >= 0.6 is 0 Å². The standard InChI is InChI=1S/C26H39N3O4/c1-5-32-24(30)14-12-20-11-13-23(27-17-20)29(25(31)33-26(2,3)4)22-15-16-28(19-22)18-21-9-7-6-8-10-21/h11-14,17,21-22H,5-10,15-16,18-19H2,1-4H3/t22-/m1/s1. The van der Waals surface area contributed by atoms with Crippen LogP contribution in [-0.4, -0.2) is 59.8 Å². The third-order valence-electron chi connectivity index (χ3n) is 6.16. The Kier molecular flexibility index (Phi) is 8.89. The number of likely N-dealkylation sites (tertiary alicyclic amines) is 1. The quantitative estimate of drug-likeness (QED) is 0.421. The Morgan fingerprint density at radius 3 is 2.58 bits per heavy atom. The predicted octanol–water partition coefficient (Wildman–Crippen LogP) is 5.05. The highest BCUT2D eigenvalue weighted by molar-refractivity contribution is 5.88. The van der Waals surface area contributed by atoms with Crippen LogP contribution in [0.1, 0.15) is 71.8 Å².